The highest BCUT2D eigenvalue weighted by Gasteiger charge is 2.20. The molecule has 0 saturated carbocycles. The smallest absolute Gasteiger partial charge is 0.308 e. The van der Waals surface area contributed by atoms with Gasteiger partial charge in [-0.25, -0.2) is 0 Å². The van der Waals surface area contributed by atoms with Crippen LogP contribution in [0.4, 0.5) is 0 Å². The first-order valence-electron chi connectivity index (χ1n) is 6.30. The van der Waals surface area contributed by atoms with Crippen molar-refractivity contribution in [1.82, 2.24) is 5.32 Å². The summed E-state index contributed by atoms with van der Waals surface area (Å²) >= 11 is 5.80. The van der Waals surface area contributed by atoms with Crippen LogP contribution in [0.15, 0.2) is 24.3 Å². The van der Waals surface area contributed by atoms with E-state index < -0.39 is 17.9 Å². The summed E-state index contributed by atoms with van der Waals surface area (Å²) in [6.45, 7) is 3.42. The van der Waals surface area contributed by atoms with E-state index in [0.717, 1.165) is 0 Å². The van der Waals surface area contributed by atoms with Crippen LogP contribution >= 0.6 is 11.6 Å². The van der Waals surface area contributed by atoms with E-state index in [0.29, 0.717) is 10.8 Å². The summed E-state index contributed by atoms with van der Waals surface area (Å²) in [6, 6.07) is 6.48. The van der Waals surface area contributed by atoms with Crippen molar-refractivity contribution < 1.29 is 19.4 Å². The van der Waals surface area contributed by atoms with Gasteiger partial charge in [0.25, 0.3) is 0 Å². The second-order valence-corrected chi connectivity index (χ2v) is 4.98. The fourth-order valence-corrected chi connectivity index (χ4v) is 1.66. The molecule has 1 amide bonds. The van der Waals surface area contributed by atoms with Crippen LogP contribution in [-0.2, 0) is 9.59 Å². The number of aliphatic carboxylic acids is 1. The lowest BCUT2D eigenvalue weighted by Crippen LogP contribution is -2.40. The van der Waals surface area contributed by atoms with Gasteiger partial charge in [-0.2, -0.15) is 0 Å². The molecule has 2 unspecified atom stereocenters. The first-order chi connectivity index (χ1) is 9.40. The molecule has 1 rings (SSSR count). The molecule has 110 valence electrons. The monoisotopic (exact) mass is 299 g/mol. The Morgan fingerprint density at radius 1 is 1.40 bits per heavy atom. The summed E-state index contributed by atoms with van der Waals surface area (Å²) < 4.78 is 5.39. The number of carbonyl (C=O) groups excluding carboxylic acids is 1. The molecular formula is C14H18ClNO4. The summed E-state index contributed by atoms with van der Waals surface area (Å²) in [4.78, 5) is 22.4. The predicted molar refractivity (Wildman–Crippen MR) is 76.0 cm³/mol. The lowest BCUT2D eigenvalue weighted by atomic mass is 10.0. The van der Waals surface area contributed by atoms with Crippen molar-refractivity contribution in [3.63, 3.8) is 0 Å². The number of carbonyl (C=O) groups is 2. The molecule has 0 bridgehead atoms. The van der Waals surface area contributed by atoms with Crippen molar-refractivity contribution >= 4 is 23.5 Å². The van der Waals surface area contributed by atoms with Crippen LogP contribution in [0, 0.1) is 5.92 Å². The van der Waals surface area contributed by atoms with Gasteiger partial charge in [-0.15, -0.1) is 0 Å². The van der Waals surface area contributed by atoms with Gasteiger partial charge < -0.3 is 15.2 Å². The summed E-state index contributed by atoms with van der Waals surface area (Å²) in [7, 11) is 0. The third-order valence-electron chi connectivity index (χ3n) is 2.92. The van der Waals surface area contributed by atoms with Crippen LogP contribution in [-0.4, -0.2) is 29.6 Å². The minimum absolute atomic E-state index is 0.156. The van der Waals surface area contributed by atoms with E-state index in [9.17, 15) is 9.59 Å². The first kappa shape index (κ1) is 16.3. The Balaban J connectivity index is 2.32. The average molecular weight is 300 g/mol. The normalized spacial score (nSPS) is 13.3. The van der Waals surface area contributed by atoms with Gasteiger partial charge in [0.05, 0.1) is 18.9 Å². The van der Waals surface area contributed by atoms with Gasteiger partial charge in [0.2, 0.25) is 5.91 Å². The van der Waals surface area contributed by atoms with Crippen LogP contribution in [0.2, 0.25) is 5.02 Å². The number of halogens is 1. The number of benzene rings is 1. The van der Waals surface area contributed by atoms with Crippen molar-refractivity contribution in [2.45, 2.75) is 26.3 Å². The molecule has 0 heterocycles. The molecule has 2 N–H and O–H groups in total. The highest BCUT2D eigenvalue weighted by Crippen LogP contribution is 2.17. The fourth-order valence-electron chi connectivity index (χ4n) is 1.48. The lowest BCUT2D eigenvalue weighted by Gasteiger charge is -2.17. The maximum absolute atomic E-state index is 11.6. The number of hydrogen-bond acceptors (Lipinski definition) is 3. The van der Waals surface area contributed by atoms with Crippen molar-refractivity contribution in [2.75, 3.05) is 6.61 Å². The SMILES string of the molecule is CC(NC(=O)CCOc1cccc(Cl)c1)C(C)C(=O)O. The second kappa shape index (κ2) is 7.75. The Hall–Kier alpha value is -1.75. The summed E-state index contributed by atoms with van der Waals surface area (Å²) in [5.74, 6) is -1.22. The zero-order chi connectivity index (χ0) is 15.1. The van der Waals surface area contributed by atoms with Crippen LogP contribution in [0.3, 0.4) is 0 Å². The third kappa shape index (κ3) is 5.48. The third-order valence-corrected chi connectivity index (χ3v) is 3.16. The topological polar surface area (TPSA) is 75.6 Å². The summed E-state index contributed by atoms with van der Waals surface area (Å²) in [6.07, 6.45) is 0.156. The van der Waals surface area contributed by atoms with Gasteiger partial charge in [-0.1, -0.05) is 17.7 Å². The van der Waals surface area contributed by atoms with Crippen LogP contribution in [0.25, 0.3) is 0 Å². The fraction of sp³-hybridized carbons (Fsp3) is 0.429. The van der Waals surface area contributed by atoms with Gasteiger partial charge in [0, 0.05) is 11.1 Å². The van der Waals surface area contributed by atoms with E-state index in [1.165, 1.54) is 0 Å². The van der Waals surface area contributed by atoms with Gasteiger partial charge >= 0.3 is 5.97 Å². The van der Waals surface area contributed by atoms with E-state index in [1.807, 2.05) is 0 Å². The number of nitrogens with one attached hydrogen (secondary N) is 1. The van der Waals surface area contributed by atoms with Crippen molar-refractivity contribution in [3.05, 3.63) is 29.3 Å². The van der Waals surface area contributed by atoms with Crippen LogP contribution in [0.1, 0.15) is 20.3 Å². The maximum Gasteiger partial charge on any atom is 0.308 e. The molecule has 6 heteroatoms. The molecule has 0 saturated heterocycles. The number of rotatable bonds is 7. The Kier molecular flexibility index (Phi) is 6.31. The first-order valence-corrected chi connectivity index (χ1v) is 6.68. The molecule has 0 fully saturated rings. The summed E-state index contributed by atoms with van der Waals surface area (Å²) in [5, 5.41) is 12.0. The molecule has 0 radical (unpaired) electrons. The second-order valence-electron chi connectivity index (χ2n) is 4.54. The van der Waals surface area contributed by atoms with E-state index in [-0.39, 0.29) is 18.9 Å². The number of ether oxygens (including phenoxy) is 1. The maximum atomic E-state index is 11.6. The zero-order valence-electron chi connectivity index (χ0n) is 11.4. The molecule has 0 aliphatic carbocycles. The molecule has 2 atom stereocenters. The average Bonchev–Trinajstić information content (AvgIpc) is 2.37. The minimum atomic E-state index is -0.937. The van der Waals surface area contributed by atoms with Gasteiger partial charge in [-0.05, 0) is 32.0 Å². The molecular weight excluding hydrogens is 282 g/mol. The molecule has 1 aromatic carbocycles. The molecule has 0 aliphatic rings. The zero-order valence-corrected chi connectivity index (χ0v) is 12.2. The highest BCUT2D eigenvalue weighted by molar-refractivity contribution is 6.30. The molecule has 0 aromatic heterocycles. The molecule has 5 nitrogen and oxygen atoms in total. The Morgan fingerprint density at radius 2 is 2.10 bits per heavy atom. The van der Waals surface area contributed by atoms with E-state index in [1.54, 1.807) is 38.1 Å². The number of hydrogen-bond donors (Lipinski definition) is 2. The molecule has 0 aliphatic heterocycles. The number of carboxylic acid groups (broad SMARTS) is 1. The minimum Gasteiger partial charge on any atom is -0.493 e. The Labute approximate surface area is 122 Å². The van der Waals surface area contributed by atoms with Crippen LogP contribution in [0.5, 0.6) is 5.75 Å². The standard InChI is InChI=1S/C14H18ClNO4/c1-9(14(18)19)10(2)16-13(17)6-7-20-12-5-3-4-11(15)8-12/h3-5,8-10H,6-7H2,1-2H3,(H,16,17)(H,18,19). The lowest BCUT2D eigenvalue weighted by molar-refractivity contribution is -0.142. The van der Waals surface area contributed by atoms with Crippen molar-refractivity contribution in [2.24, 2.45) is 5.92 Å². The molecule has 20 heavy (non-hydrogen) atoms. The van der Waals surface area contributed by atoms with Crippen LogP contribution < -0.4 is 10.1 Å². The Bertz CT molecular complexity index is 478. The number of amides is 1. The Morgan fingerprint density at radius 3 is 2.70 bits per heavy atom. The van der Waals surface area contributed by atoms with E-state index in [4.69, 9.17) is 21.4 Å². The van der Waals surface area contributed by atoms with E-state index in [2.05, 4.69) is 5.32 Å². The molecule has 0 spiro atoms. The number of carboxylic acids is 1. The highest BCUT2D eigenvalue weighted by atomic mass is 35.5. The van der Waals surface area contributed by atoms with E-state index >= 15 is 0 Å². The van der Waals surface area contributed by atoms with Gasteiger partial charge in [-0.3, -0.25) is 9.59 Å². The van der Waals surface area contributed by atoms with Gasteiger partial charge in [0.1, 0.15) is 5.75 Å². The van der Waals surface area contributed by atoms with Gasteiger partial charge in [0.15, 0.2) is 0 Å². The van der Waals surface area contributed by atoms with Crippen molar-refractivity contribution in [3.8, 4) is 5.75 Å². The quantitative estimate of drug-likeness (QED) is 0.810. The van der Waals surface area contributed by atoms with Crippen molar-refractivity contribution in [1.29, 1.82) is 0 Å². The summed E-state index contributed by atoms with van der Waals surface area (Å²) in [5.41, 5.74) is 0. The molecule has 1 aromatic rings. The largest absolute Gasteiger partial charge is 0.493 e. The predicted octanol–water partition coefficient (Wildman–Crippen LogP) is 2.33.